The number of alkyl halides is 1. The standard InChI is InChI=1S/C14H27BrO/c15-11-6-4-2-1-3-5-7-12-16-13-10-14-8-9-14/h14H,1-13H2. The van der Waals surface area contributed by atoms with Crippen LogP contribution in [0.1, 0.15) is 64.2 Å². The number of halogens is 1. The Morgan fingerprint density at radius 1 is 0.812 bits per heavy atom. The first-order valence-electron chi connectivity index (χ1n) is 7.07. The molecule has 0 radical (unpaired) electrons. The van der Waals surface area contributed by atoms with Crippen LogP contribution in [-0.2, 0) is 4.74 Å². The van der Waals surface area contributed by atoms with Gasteiger partial charge in [0.15, 0.2) is 0 Å². The van der Waals surface area contributed by atoms with Crippen molar-refractivity contribution in [3.05, 3.63) is 0 Å². The van der Waals surface area contributed by atoms with E-state index in [2.05, 4.69) is 15.9 Å². The smallest absolute Gasteiger partial charge is 0.0468 e. The van der Waals surface area contributed by atoms with E-state index in [9.17, 15) is 0 Å². The zero-order valence-corrected chi connectivity index (χ0v) is 12.1. The van der Waals surface area contributed by atoms with Crippen molar-refractivity contribution in [3.8, 4) is 0 Å². The minimum Gasteiger partial charge on any atom is -0.381 e. The maximum Gasteiger partial charge on any atom is 0.0468 e. The van der Waals surface area contributed by atoms with E-state index < -0.39 is 0 Å². The molecular weight excluding hydrogens is 264 g/mol. The van der Waals surface area contributed by atoms with Crippen molar-refractivity contribution < 1.29 is 4.74 Å². The Morgan fingerprint density at radius 2 is 1.44 bits per heavy atom. The Balaban J connectivity index is 1.61. The maximum atomic E-state index is 5.62. The van der Waals surface area contributed by atoms with Crippen molar-refractivity contribution in [2.24, 2.45) is 5.92 Å². The van der Waals surface area contributed by atoms with Gasteiger partial charge in [-0.1, -0.05) is 60.9 Å². The summed E-state index contributed by atoms with van der Waals surface area (Å²) in [5.41, 5.74) is 0. The Bertz CT molecular complexity index is 146. The molecule has 0 spiro atoms. The summed E-state index contributed by atoms with van der Waals surface area (Å²) < 4.78 is 5.62. The van der Waals surface area contributed by atoms with E-state index in [4.69, 9.17) is 4.74 Å². The third kappa shape index (κ3) is 9.65. The van der Waals surface area contributed by atoms with Gasteiger partial charge < -0.3 is 4.74 Å². The molecule has 0 heterocycles. The monoisotopic (exact) mass is 290 g/mol. The molecule has 0 bridgehead atoms. The summed E-state index contributed by atoms with van der Waals surface area (Å²) in [5.74, 6) is 1.02. The maximum absolute atomic E-state index is 5.62. The lowest BCUT2D eigenvalue weighted by molar-refractivity contribution is 0.124. The van der Waals surface area contributed by atoms with Gasteiger partial charge in [0.05, 0.1) is 0 Å². The van der Waals surface area contributed by atoms with Crippen LogP contribution < -0.4 is 0 Å². The van der Waals surface area contributed by atoms with Crippen molar-refractivity contribution >= 4 is 15.9 Å². The molecule has 1 aliphatic carbocycles. The minimum absolute atomic E-state index is 0.994. The number of hydrogen-bond donors (Lipinski definition) is 0. The highest BCUT2D eigenvalue weighted by molar-refractivity contribution is 9.09. The molecule has 1 aliphatic rings. The van der Waals surface area contributed by atoms with E-state index in [0.29, 0.717) is 0 Å². The van der Waals surface area contributed by atoms with Crippen LogP contribution in [0.4, 0.5) is 0 Å². The average molecular weight is 291 g/mol. The normalized spacial score (nSPS) is 15.6. The van der Waals surface area contributed by atoms with Crippen LogP contribution >= 0.6 is 15.9 Å². The molecule has 2 heteroatoms. The van der Waals surface area contributed by atoms with Crippen LogP contribution in [0.15, 0.2) is 0 Å². The SMILES string of the molecule is BrCCCCCCCCCOCCC1CC1. The zero-order valence-electron chi connectivity index (χ0n) is 10.6. The highest BCUT2D eigenvalue weighted by Crippen LogP contribution is 2.32. The van der Waals surface area contributed by atoms with E-state index in [0.717, 1.165) is 19.1 Å². The van der Waals surface area contributed by atoms with Gasteiger partial charge in [-0.05, 0) is 25.2 Å². The molecule has 0 aromatic heterocycles. The molecule has 0 saturated heterocycles. The van der Waals surface area contributed by atoms with Crippen LogP contribution in [0.3, 0.4) is 0 Å². The summed E-state index contributed by atoms with van der Waals surface area (Å²) in [4.78, 5) is 0. The zero-order chi connectivity index (χ0) is 11.5. The fourth-order valence-corrected chi connectivity index (χ4v) is 2.34. The largest absolute Gasteiger partial charge is 0.381 e. The second-order valence-electron chi connectivity index (χ2n) is 5.01. The van der Waals surface area contributed by atoms with E-state index in [1.54, 1.807) is 0 Å². The van der Waals surface area contributed by atoms with Crippen molar-refractivity contribution in [3.63, 3.8) is 0 Å². The molecule has 96 valence electrons. The Kier molecular flexibility index (Phi) is 9.59. The number of hydrogen-bond acceptors (Lipinski definition) is 1. The molecule has 1 nitrogen and oxygen atoms in total. The Labute approximate surface area is 109 Å². The highest BCUT2D eigenvalue weighted by Gasteiger charge is 2.20. The molecule has 0 aromatic carbocycles. The van der Waals surface area contributed by atoms with Gasteiger partial charge in [-0.3, -0.25) is 0 Å². The van der Waals surface area contributed by atoms with E-state index in [1.165, 1.54) is 69.5 Å². The highest BCUT2D eigenvalue weighted by atomic mass is 79.9. The quantitative estimate of drug-likeness (QED) is 0.366. The second kappa shape index (κ2) is 10.6. The van der Waals surface area contributed by atoms with Crippen molar-refractivity contribution in [2.75, 3.05) is 18.5 Å². The summed E-state index contributed by atoms with van der Waals surface area (Å²) >= 11 is 3.47. The number of rotatable bonds is 12. The Morgan fingerprint density at radius 3 is 2.06 bits per heavy atom. The first kappa shape index (κ1) is 14.5. The van der Waals surface area contributed by atoms with Crippen LogP contribution in [0.2, 0.25) is 0 Å². The summed E-state index contributed by atoms with van der Waals surface area (Å²) in [6.07, 6.45) is 13.8. The fraction of sp³-hybridized carbons (Fsp3) is 1.00. The summed E-state index contributed by atoms with van der Waals surface area (Å²) in [5, 5.41) is 1.17. The third-order valence-corrected chi connectivity index (χ3v) is 3.85. The molecule has 0 atom stereocenters. The number of ether oxygens (including phenoxy) is 1. The molecule has 16 heavy (non-hydrogen) atoms. The molecule has 0 aliphatic heterocycles. The second-order valence-corrected chi connectivity index (χ2v) is 5.80. The lowest BCUT2D eigenvalue weighted by atomic mass is 10.1. The van der Waals surface area contributed by atoms with E-state index in [-0.39, 0.29) is 0 Å². The van der Waals surface area contributed by atoms with Crippen molar-refractivity contribution in [1.29, 1.82) is 0 Å². The topological polar surface area (TPSA) is 9.23 Å². The number of unbranched alkanes of at least 4 members (excludes halogenated alkanes) is 6. The van der Waals surface area contributed by atoms with Gasteiger partial charge in [-0.25, -0.2) is 0 Å². The molecule has 0 amide bonds. The predicted octanol–water partition coefficient (Wildman–Crippen LogP) is 4.93. The predicted molar refractivity (Wildman–Crippen MR) is 74.3 cm³/mol. The molecule has 0 unspecified atom stereocenters. The summed E-state index contributed by atoms with van der Waals surface area (Å²) in [6, 6.07) is 0. The molecule has 1 fully saturated rings. The van der Waals surface area contributed by atoms with Crippen molar-refractivity contribution in [2.45, 2.75) is 64.2 Å². The summed E-state index contributed by atoms with van der Waals surface area (Å²) in [7, 11) is 0. The lowest BCUT2D eigenvalue weighted by Gasteiger charge is -2.03. The van der Waals surface area contributed by atoms with Gasteiger partial charge in [0.1, 0.15) is 0 Å². The van der Waals surface area contributed by atoms with Crippen LogP contribution in [0, 0.1) is 5.92 Å². The van der Waals surface area contributed by atoms with E-state index >= 15 is 0 Å². The van der Waals surface area contributed by atoms with Crippen molar-refractivity contribution in [1.82, 2.24) is 0 Å². The first-order valence-corrected chi connectivity index (χ1v) is 8.19. The molecule has 0 N–H and O–H groups in total. The van der Waals surface area contributed by atoms with Gasteiger partial charge in [-0.2, -0.15) is 0 Å². The first-order chi connectivity index (χ1) is 7.93. The van der Waals surface area contributed by atoms with Crippen LogP contribution in [0.25, 0.3) is 0 Å². The van der Waals surface area contributed by atoms with Gasteiger partial charge in [0.25, 0.3) is 0 Å². The fourth-order valence-electron chi connectivity index (χ4n) is 1.94. The third-order valence-electron chi connectivity index (χ3n) is 3.29. The molecule has 1 rings (SSSR count). The minimum atomic E-state index is 0.994. The van der Waals surface area contributed by atoms with Crippen LogP contribution in [0.5, 0.6) is 0 Å². The molecule has 0 aromatic rings. The lowest BCUT2D eigenvalue weighted by Crippen LogP contribution is -1.97. The van der Waals surface area contributed by atoms with E-state index in [1.807, 2.05) is 0 Å². The van der Waals surface area contributed by atoms with Gasteiger partial charge in [-0.15, -0.1) is 0 Å². The Hall–Kier alpha value is 0.440. The summed E-state index contributed by atoms with van der Waals surface area (Å²) in [6.45, 7) is 2.00. The molecular formula is C14H27BrO. The molecule has 1 saturated carbocycles. The van der Waals surface area contributed by atoms with Gasteiger partial charge >= 0.3 is 0 Å². The van der Waals surface area contributed by atoms with Crippen LogP contribution in [-0.4, -0.2) is 18.5 Å². The van der Waals surface area contributed by atoms with Gasteiger partial charge in [0, 0.05) is 18.5 Å². The average Bonchev–Trinajstić information content (AvgIpc) is 3.10. The van der Waals surface area contributed by atoms with Gasteiger partial charge in [0.2, 0.25) is 0 Å².